The second-order valence-electron chi connectivity index (χ2n) is 3.93. The van der Waals surface area contributed by atoms with Crippen LogP contribution in [-0.4, -0.2) is 32.1 Å². The molecule has 0 aliphatic carbocycles. The van der Waals surface area contributed by atoms with E-state index in [9.17, 15) is 4.79 Å². The van der Waals surface area contributed by atoms with E-state index >= 15 is 0 Å². The van der Waals surface area contributed by atoms with Gasteiger partial charge in [-0.25, -0.2) is 0 Å². The standard InChI is InChI=1S/C12H25N3O2.HI/c1-3-9-14-12(13)15-10-7-5-4-6-8-11(16)17-2;/h3-10H2,1-2H3,(H3,13,14,15);1H. The number of carbonyl (C=O) groups is 1. The van der Waals surface area contributed by atoms with Gasteiger partial charge in [-0.1, -0.05) is 19.8 Å². The second kappa shape index (κ2) is 14.5. The Morgan fingerprint density at radius 3 is 2.56 bits per heavy atom. The molecule has 0 aromatic rings. The fourth-order valence-electron chi connectivity index (χ4n) is 1.35. The molecule has 0 aromatic carbocycles. The lowest BCUT2D eigenvalue weighted by atomic mass is 10.1. The van der Waals surface area contributed by atoms with Crippen molar-refractivity contribution in [1.29, 1.82) is 0 Å². The summed E-state index contributed by atoms with van der Waals surface area (Å²) in [7, 11) is 1.42. The van der Waals surface area contributed by atoms with Gasteiger partial charge in [-0.2, -0.15) is 0 Å². The van der Waals surface area contributed by atoms with E-state index in [0.29, 0.717) is 12.4 Å². The summed E-state index contributed by atoms with van der Waals surface area (Å²) < 4.78 is 4.56. The van der Waals surface area contributed by atoms with Crippen LogP contribution in [0.5, 0.6) is 0 Å². The number of unbranched alkanes of at least 4 members (excludes halogenated alkanes) is 3. The highest BCUT2D eigenvalue weighted by molar-refractivity contribution is 14.0. The molecule has 0 aliphatic rings. The zero-order chi connectivity index (χ0) is 12.9. The molecule has 0 aliphatic heterocycles. The summed E-state index contributed by atoms with van der Waals surface area (Å²) in [5, 5.41) is 3.06. The average molecular weight is 371 g/mol. The first-order valence-electron chi connectivity index (χ1n) is 6.31. The number of nitrogens with two attached hydrogens (primary N) is 1. The van der Waals surface area contributed by atoms with Crippen molar-refractivity contribution in [1.82, 2.24) is 5.32 Å². The highest BCUT2D eigenvalue weighted by Gasteiger charge is 1.98. The molecule has 0 atom stereocenters. The lowest BCUT2D eigenvalue weighted by Crippen LogP contribution is -2.32. The number of methoxy groups -OCH3 is 1. The van der Waals surface area contributed by atoms with Crippen molar-refractivity contribution in [3.8, 4) is 0 Å². The van der Waals surface area contributed by atoms with Gasteiger partial charge in [0, 0.05) is 19.5 Å². The van der Waals surface area contributed by atoms with Crippen LogP contribution < -0.4 is 11.1 Å². The van der Waals surface area contributed by atoms with Crippen molar-refractivity contribution in [3.63, 3.8) is 0 Å². The predicted octanol–water partition coefficient (Wildman–Crippen LogP) is 2.04. The molecule has 6 heteroatoms. The van der Waals surface area contributed by atoms with Crippen molar-refractivity contribution in [2.24, 2.45) is 10.7 Å². The number of hydrogen-bond acceptors (Lipinski definition) is 3. The van der Waals surface area contributed by atoms with Gasteiger partial charge in [-0.05, 0) is 19.3 Å². The Hall–Kier alpha value is -0.530. The van der Waals surface area contributed by atoms with E-state index in [0.717, 1.165) is 45.2 Å². The first-order valence-corrected chi connectivity index (χ1v) is 6.31. The molecule has 5 nitrogen and oxygen atoms in total. The van der Waals surface area contributed by atoms with Crippen LogP contribution in [0.1, 0.15) is 45.4 Å². The monoisotopic (exact) mass is 371 g/mol. The molecule has 18 heavy (non-hydrogen) atoms. The van der Waals surface area contributed by atoms with Crippen LogP contribution in [0.15, 0.2) is 4.99 Å². The van der Waals surface area contributed by atoms with E-state index in [1.807, 2.05) is 0 Å². The van der Waals surface area contributed by atoms with Gasteiger partial charge >= 0.3 is 5.97 Å². The van der Waals surface area contributed by atoms with E-state index < -0.39 is 0 Å². The van der Waals surface area contributed by atoms with Crippen molar-refractivity contribution in [2.45, 2.75) is 45.4 Å². The number of ether oxygens (including phenoxy) is 1. The Kier molecular flexibility index (Phi) is 16.0. The summed E-state index contributed by atoms with van der Waals surface area (Å²) in [6.45, 7) is 3.69. The maximum absolute atomic E-state index is 10.8. The molecule has 3 N–H and O–H groups in total. The van der Waals surface area contributed by atoms with E-state index in [1.54, 1.807) is 0 Å². The van der Waals surface area contributed by atoms with Crippen LogP contribution in [0.2, 0.25) is 0 Å². The Bertz CT molecular complexity index is 235. The first-order chi connectivity index (χ1) is 8.20. The first kappa shape index (κ1) is 19.8. The van der Waals surface area contributed by atoms with Gasteiger partial charge in [0.2, 0.25) is 0 Å². The number of guanidine groups is 1. The summed E-state index contributed by atoms with van der Waals surface area (Å²) in [5.74, 6) is 0.403. The van der Waals surface area contributed by atoms with Crippen LogP contribution in [0.25, 0.3) is 0 Å². The van der Waals surface area contributed by atoms with Gasteiger partial charge in [-0.3, -0.25) is 9.79 Å². The highest BCUT2D eigenvalue weighted by Crippen LogP contribution is 2.02. The zero-order valence-corrected chi connectivity index (χ0v) is 13.7. The third-order valence-corrected chi connectivity index (χ3v) is 2.35. The number of aliphatic imine (C=N–C) groups is 1. The Balaban J connectivity index is 0. The molecule has 0 aromatic heterocycles. The van der Waals surface area contributed by atoms with Gasteiger partial charge in [0.25, 0.3) is 0 Å². The average Bonchev–Trinajstić information content (AvgIpc) is 2.34. The third kappa shape index (κ3) is 13.5. The molecule has 0 spiro atoms. The molecule has 108 valence electrons. The second-order valence-corrected chi connectivity index (χ2v) is 3.93. The molecule has 0 bridgehead atoms. The van der Waals surface area contributed by atoms with Crippen molar-refractivity contribution in [3.05, 3.63) is 0 Å². The van der Waals surface area contributed by atoms with Crippen LogP contribution >= 0.6 is 24.0 Å². The molecular weight excluding hydrogens is 345 g/mol. The predicted molar refractivity (Wildman–Crippen MR) is 85.3 cm³/mol. The topological polar surface area (TPSA) is 76.7 Å². The summed E-state index contributed by atoms with van der Waals surface area (Å²) in [5.41, 5.74) is 5.64. The van der Waals surface area contributed by atoms with Crippen molar-refractivity contribution < 1.29 is 9.53 Å². The fraction of sp³-hybridized carbons (Fsp3) is 0.833. The molecule has 0 rings (SSSR count). The maximum Gasteiger partial charge on any atom is 0.305 e. The maximum atomic E-state index is 10.8. The molecule has 0 saturated carbocycles. The normalized spacial score (nSPS) is 10.7. The number of hydrogen-bond donors (Lipinski definition) is 2. The van der Waals surface area contributed by atoms with Crippen molar-refractivity contribution >= 4 is 35.9 Å². The molecule has 0 amide bonds. The number of carbonyl (C=O) groups excluding carboxylic acids is 1. The Morgan fingerprint density at radius 2 is 1.94 bits per heavy atom. The van der Waals surface area contributed by atoms with Gasteiger partial charge in [0.15, 0.2) is 5.96 Å². The van der Waals surface area contributed by atoms with Crippen LogP contribution in [0.4, 0.5) is 0 Å². The van der Waals surface area contributed by atoms with Crippen LogP contribution in [-0.2, 0) is 9.53 Å². The fourth-order valence-corrected chi connectivity index (χ4v) is 1.35. The van der Waals surface area contributed by atoms with E-state index in [1.165, 1.54) is 7.11 Å². The minimum Gasteiger partial charge on any atom is -0.469 e. The molecular formula is C12H26IN3O2. The van der Waals surface area contributed by atoms with Crippen LogP contribution in [0, 0.1) is 0 Å². The van der Waals surface area contributed by atoms with Gasteiger partial charge in [0.1, 0.15) is 0 Å². The molecule has 0 unspecified atom stereocenters. The zero-order valence-electron chi connectivity index (χ0n) is 11.4. The molecule has 0 fully saturated rings. The highest BCUT2D eigenvalue weighted by atomic mass is 127. The summed E-state index contributed by atoms with van der Waals surface area (Å²) in [6, 6.07) is 0. The van der Waals surface area contributed by atoms with E-state index in [-0.39, 0.29) is 29.9 Å². The largest absolute Gasteiger partial charge is 0.469 e. The van der Waals surface area contributed by atoms with E-state index in [4.69, 9.17) is 5.73 Å². The lowest BCUT2D eigenvalue weighted by Gasteiger charge is -2.05. The minimum absolute atomic E-state index is 0. The number of esters is 1. The van der Waals surface area contributed by atoms with Gasteiger partial charge in [0.05, 0.1) is 7.11 Å². The smallest absolute Gasteiger partial charge is 0.305 e. The van der Waals surface area contributed by atoms with E-state index in [2.05, 4.69) is 22.0 Å². The molecule has 0 radical (unpaired) electrons. The summed E-state index contributed by atoms with van der Waals surface area (Å²) in [6.07, 6.45) is 5.60. The Morgan fingerprint density at radius 1 is 1.28 bits per heavy atom. The SMILES string of the molecule is CCCN=C(N)NCCCCCCC(=O)OC.I. The minimum atomic E-state index is -0.126. The van der Waals surface area contributed by atoms with Gasteiger partial charge < -0.3 is 15.8 Å². The number of nitrogens with one attached hydrogen (secondary N) is 1. The summed E-state index contributed by atoms with van der Waals surface area (Å²) >= 11 is 0. The third-order valence-electron chi connectivity index (χ3n) is 2.35. The lowest BCUT2D eigenvalue weighted by molar-refractivity contribution is -0.140. The summed E-state index contributed by atoms with van der Waals surface area (Å²) in [4.78, 5) is 15.0. The van der Waals surface area contributed by atoms with Crippen LogP contribution in [0.3, 0.4) is 0 Å². The number of halogens is 1. The number of rotatable bonds is 9. The van der Waals surface area contributed by atoms with Crippen molar-refractivity contribution in [2.75, 3.05) is 20.2 Å². The number of nitrogens with zero attached hydrogens (tertiary/aromatic N) is 1. The molecule has 0 heterocycles. The van der Waals surface area contributed by atoms with Gasteiger partial charge in [-0.15, -0.1) is 24.0 Å². The quantitative estimate of drug-likeness (QED) is 0.214. The Labute approximate surface area is 127 Å². The molecule has 0 saturated heterocycles.